The lowest BCUT2D eigenvalue weighted by Gasteiger charge is -2.59. The molecule has 2 N–H and O–H groups in total. The summed E-state index contributed by atoms with van der Waals surface area (Å²) in [5.74, 6) is 4.99. The summed E-state index contributed by atoms with van der Waals surface area (Å²) >= 11 is 0. The van der Waals surface area contributed by atoms with Crippen molar-refractivity contribution in [1.29, 1.82) is 0 Å². The minimum atomic E-state index is 0.533. The summed E-state index contributed by atoms with van der Waals surface area (Å²) in [5, 5.41) is 6.85. The molecule has 3 heteroatoms. The van der Waals surface area contributed by atoms with Crippen molar-refractivity contribution in [2.45, 2.75) is 51.5 Å². The second kappa shape index (κ2) is 4.89. The third kappa shape index (κ3) is 2.31. The minimum absolute atomic E-state index is 0.533. The maximum absolute atomic E-state index is 4.64. The van der Waals surface area contributed by atoms with Crippen molar-refractivity contribution in [3.63, 3.8) is 0 Å². The highest BCUT2D eigenvalue weighted by Gasteiger charge is 2.53. The molecule has 1 heterocycles. The van der Waals surface area contributed by atoms with Crippen LogP contribution in [-0.4, -0.2) is 18.1 Å². The lowest BCUT2D eigenvalue weighted by molar-refractivity contribution is -0.0603. The highest BCUT2D eigenvalue weighted by molar-refractivity contribution is 5.45. The maximum Gasteiger partial charge on any atom is 0.128 e. The van der Waals surface area contributed by atoms with Crippen LogP contribution in [0.15, 0.2) is 18.2 Å². The smallest absolute Gasteiger partial charge is 0.128 e. The third-order valence-electron chi connectivity index (χ3n) is 6.37. The summed E-state index contributed by atoms with van der Waals surface area (Å²) in [6.07, 6.45) is 8.87. The maximum atomic E-state index is 4.64. The highest BCUT2D eigenvalue weighted by Crippen LogP contribution is 2.61. The van der Waals surface area contributed by atoms with Gasteiger partial charge in [0.15, 0.2) is 0 Å². The molecule has 0 radical (unpaired) electrons. The summed E-state index contributed by atoms with van der Waals surface area (Å²) < 4.78 is 0. The normalized spacial score (nSPS) is 38.3. The van der Waals surface area contributed by atoms with Gasteiger partial charge in [0.25, 0.3) is 0 Å². The van der Waals surface area contributed by atoms with Gasteiger partial charge >= 0.3 is 0 Å². The van der Waals surface area contributed by atoms with Crippen LogP contribution in [0.1, 0.15) is 45.4 Å². The molecule has 0 aromatic carbocycles. The molecule has 21 heavy (non-hydrogen) atoms. The van der Waals surface area contributed by atoms with Crippen LogP contribution < -0.4 is 10.6 Å². The van der Waals surface area contributed by atoms with Gasteiger partial charge in [-0.3, -0.25) is 0 Å². The summed E-state index contributed by atoms with van der Waals surface area (Å²) in [6.45, 7) is 2.39. The minimum Gasteiger partial charge on any atom is -0.373 e. The Morgan fingerprint density at radius 2 is 1.62 bits per heavy atom. The Labute approximate surface area is 127 Å². The van der Waals surface area contributed by atoms with Gasteiger partial charge in [-0.25, -0.2) is 4.98 Å². The predicted molar refractivity (Wildman–Crippen MR) is 87.5 cm³/mol. The SMILES string of the molecule is CNc1cccc(NC(C)C23CC4CC(CC(C4)C2)C3)n1. The van der Waals surface area contributed by atoms with Crippen molar-refractivity contribution in [2.24, 2.45) is 23.2 Å². The zero-order valence-corrected chi connectivity index (χ0v) is 13.2. The van der Waals surface area contributed by atoms with Gasteiger partial charge in [0.1, 0.15) is 11.6 Å². The van der Waals surface area contributed by atoms with Crippen molar-refractivity contribution in [3.05, 3.63) is 18.2 Å². The molecule has 0 aliphatic heterocycles. The topological polar surface area (TPSA) is 37.0 Å². The molecule has 5 rings (SSSR count). The lowest BCUT2D eigenvalue weighted by Crippen LogP contribution is -2.53. The van der Waals surface area contributed by atoms with Crippen LogP contribution >= 0.6 is 0 Å². The van der Waals surface area contributed by atoms with Gasteiger partial charge in [0, 0.05) is 13.1 Å². The molecular formula is C18H27N3. The van der Waals surface area contributed by atoms with E-state index in [4.69, 9.17) is 0 Å². The average Bonchev–Trinajstić information content (AvgIpc) is 2.46. The molecule has 4 bridgehead atoms. The van der Waals surface area contributed by atoms with E-state index in [9.17, 15) is 0 Å². The summed E-state index contributed by atoms with van der Waals surface area (Å²) in [5.41, 5.74) is 0.534. The van der Waals surface area contributed by atoms with E-state index in [1.807, 2.05) is 13.1 Å². The fourth-order valence-electron chi connectivity index (χ4n) is 5.74. The Bertz CT molecular complexity index is 490. The van der Waals surface area contributed by atoms with Gasteiger partial charge in [-0.05, 0) is 80.8 Å². The second-order valence-corrected chi connectivity index (χ2v) is 7.80. The molecule has 1 aromatic heterocycles. The Balaban J connectivity index is 1.53. The van der Waals surface area contributed by atoms with E-state index in [0.717, 1.165) is 29.4 Å². The molecule has 4 aliphatic rings. The molecule has 4 fully saturated rings. The van der Waals surface area contributed by atoms with Crippen LogP contribution in [0.4, 0.5) is 11.6 Å². The van der Waals surface area contributed by atoms with Gasteiger partial charge in [0.05, 0.1) is 0 Å². The van der Waals surface area contributed by atoms with Crippen molar-refractivity contribution >= 4 is 11.6 Å². The molecule has 0 spiro atoms. The van der Waals surface area contributed by atoms with Gasteiger partial charge in [0.2, 0.25) is 0 Å². The number of rotatable bonds is 4. The third-order valence-corrected chi connectivity index (χ3v) is 6.37. The standard InChI is InChI=1S/C18H27N3/c1-12(20-17-5-3-4-16(19-2)21-17)18-9-13-6-14(10-18)8-15(7-13)11-18/h3-5,12-15H,6-11H2,1-2H3,(H2,19,20,21). The molecule has 1 atom stereocenters. The fourth-order valence-corrected chi connectivity index (χ4v) is 5.74. The number of nitrogens with one attached hydrogen (secondary N) is 2. The van der Waals surface area contributed by atoms with Crippen LogP contribution in [0.25, 0.3) is 0 Å². The van der Waals surface area contributed by atoms with Crippen molar-refractivity contribution in [1.82, 2.24) is 4.98 Å². The van der Waals surface area contributed by atoms with Gasteiger partial charge in [-0.1, -0.05) is 6.07 Å². The lowest BCUT2D eigenvalue weighted by atomic mass is 9.48. The molecule has 114 valence electrons. The van der Waals surface area contributed by atoms with Crippen molar-refractivity contribution in [2.75, 3.05) is 17.7 Å². The molecule has 1 aromatic rings. The molecule has 4 aliphatic carbocycles. The van der Waals surface area contributed by atoms with E-state index < -0.39 is 0 Å². The Kier molecular flexibility index (Phi) is 3.13. The monoisotopic (exact) mass is 285 g/mol. The van der Waals surface area contributed by atoms with Crippen LogP contribution in [0.5, 0.6) is 0 Å². The van der Waals surface area contributed by atoms with E-state index in [1.54, 1.807) is 0 Å². The quantitative estimate of drug-likeness (QED) is 0.873. The Morgan fingerprint density at radius 1 is 1.05 bits per heavy atom. The van der Waals surface area contributed by atoms with Crippen LogP contribution in [-0.2, 0) is 0 Å². The second-order valence-electron chi connectivity index (χ2n) is 7.80. The van der Waals surface area contributed by atoms with Gasteiger partial charge < -0.3 is 10.6 Å². The number of hydrogen-bond acceptors (Lipinski definition) is 3. The number of anilines is 2. The Morgan fingerprint density at radius 3 is 2.19 bits per heavy atom. The van der Waals surface area contributed by atoms with Crippen molar-refractivity contribution < 1.29 is 0 Å². The summed E-state index contributed by atoms with van der Waals surface area (Å²) in [6, 6.07) is 6.72. The molecule has 4 saturated carbocycles. The Hall–Kier alpha value is -1.25. The molecule has 0 saturated heterocycles. The molecule has 0 amide bonds. The van der Waals surface area contributed by atoms with E-state index in [2.05, 4.69) is 34.7 Å². The molecule has 3 nitrogen and oxygen atoms in total. The first-order valence-corrected chi connectivity index (χ1v) is 8.58. The largest absolute Gasteiger partial charge is 0.373 e. The first kappa shape index (κ1) is 13.4. The van der Waals surface area contributed by atoms with E-state index >= 15 is 0 Å². The molecular weight excluding hydrogens is 258 g/mol. The first-order chi connectivity index (χ1) is 10.2. The zero-order chi connectivity index (χ0) is 14.4. The molecule has 1 unspecified atom stereocenters. The van der Waals surface area contributed by atoms with Crippen LogP contribution in [0, 0.1) is 23.2 Å². The summed E-state index contributed by atoms with van der Waals surface area (Å²) in [4.78, 5) is 4.64. The van der Waals surface area contributed by atoms with E-state index in [0.29, 0.717) is 11.5 Å². The average molecular weight is 285 g/mol. The zero-order valence-electron chi connectivity index (χ0n) is 13.2. The predicted octanol–water partition coefficient (Wildman–Crippen LogP) is 4.14. The summed E-state index contributed by atoms with van der Waals surface area (Å²) in [7, 11) is 1.93. The number of hydrogen-bond donors (Lipinski definition) is 2. The fraction of sp³-hybridized carbons (Fsp3) is 0.722. The van der Waals surface area contributed by atoms with Crippen LogP contribution in [0.2, 0.25) is 0 Å². The van der Waals surface area contributed by atoms with Gasteiger partial charge in [-0.15, -0.1) is 0 Å². The van der Waals surface area contributed by atoms with Crippen molar-refractivity contribution in [3.8, 4) is 0 Å². The number of nitrogens with zero attached hydrogens (tertiary/aromatic N) is 1. The van der Waals surface area contributed by atoms with Crippen LogP contribution in [0.3, 0.4) is 0 Å². The first-order valence-electron chi connectivity index (χ1n) is 8.58. The van der Waals surface area contributed by atoms with E-state index in [1.165, 1.54) is 38.5 Å². The number of aromatic nitrogens is 1. The van der Waals surface area contributed by atoms with Gasteiger partial charge in [-0.2, -0.15) is 0 Å². The van der Waals surface area contributed by atoms with E-state index in [-0.39, 0.29) is 0 Å². The number of pyridine rings is 1. The highest BCUT2D eigenvalue weighted by atomic mass is 15.1.